The number of rotatable bonds is 2. The number of carbonyl (C=O) groups excluding carboxylic acids is 1. The number of primary amides is 1. The van der Waals surface area contributed by atoms with Crippen LogP contribution in [0.4, 0.5) is 0 Å². The van der Waals surface area contributed by atoms with Crippen LogP contribution in [0.25, 0.3) is 0 Å². The Hall–Kier alpha value is -1.03. The van der Waals surface area contributed by atoms with Crippen molar-refractivity contribution in [3.63, 3.8) is 0 Å². The summed E-state index contributed by atoms with van der Waals surface area (Å²) in [6, 6.07) is 0. The summed E-state index contributed by atoms with van der Waals surface area (Å²) in [5, 5.41) is 0. The van der Waals surface area contributed by atoms with E-state index in [1.165, 1.54) is 0 Å². The molecule has 0 unspecified atom stereocenters. The lowest BCUT2D eigenvalue weighted by molar-refractivity contribution is -0.235. The van der Waals surface area contributed by atoms with Crippen molar-refractivity contribution in [3.05, 3.63) is 11.8 Å². The molecule has 0 aromatic heterocycles. The molecule has 50 valence electrons. The number of hydrogen-bond acceptors (Lipinski definition) is 3. The minimum absolute atomic E-state index is 0.125. The van der Waals surface area contributed by atoms with E-state index in [-0.39, 0.29) is 6.42 Å². The second-order valence-electron chi connectivity index (χ2n) is 1.68. The smallest absolute Gasteiger partial charge is 0.225 e. The topological polar surface area (TPSA) is 61.6 Å². The van der Waals surface area contributed by atoms with Gasteiger partial charge in [-0.3, -0.25) is 4.79 Å². The van der Waals surface area contributed by atoms with Gasteiger partial charge < -0.3 is 10.6 Å². The van der Waals surface area contributed by atoms with Crippen molar-refractivity contribution in [2.75, 3.05) is 6.61 Å². The second kappa shape index (κ2) is 2.50. The van der Waals surface area contributed by atoms with Crippen molar-refractivity contribution in [1.29, 1.82) is 0 Å². The van der Waals surface area contributed by atoms with E-state index >= 15 is 0 Å². The standard InChI is InChI=1S/C5H7NO3/c6-5(7)3-4-1-2-8-9-4/h1H,2-3H2,(H2,6,7). The van der Waals surface area contributed by atoms with Gasteiger partial charge in [0.05, 0.1) is 6.42 Å². The maximum atomic E-state index is 10.2. The van der Waals surface area contributed by atoms with Crippen molar-refractivity contribution in [1.82, 2.24) is 0 Å². The van der Waals surface area contributed by atoms with Gasteiger partial charge in [0.15, 0.2) is 0 Å². The third-order valence-electron chi connectivity index (χ3n) is 0.893. The van der Waals surface area contributed by atoms with Gasteiger partial charge in [-0.2, -0.15) is 4.89 Å². The maximum absolute atomic E-state index is 10.2. The molecule has 0 aromatic carbocycles. The van der Waals surface area contributed by atoms with Gasteiger partial charge in [0, 0.05) is 0 Å². The lowest BCUT2D eigenvalue weighted by atomic mass is 10.3. The highest BCUT2D eigenvalue weighted by Gasteiger charge is 2.08. The van der Waals surface area contributed by atoms with Crippen molar-refractivity contribution in [2.24, 2.45) is 5.73 Å². The molecule has 0 radical (unpaired) electrons. The molecule has 0 fully saturated rings. The molecular weight excluding hydrogens is 122 g/mol. The average Bonchev–Trinajstić information content (AvgIpc) is 2.15. The largest absolute Gasteiger partial charge is 0.369 e. The summed E-state index contributed by atoms with van der Waals surface area (Å²) in [5.74, 6) is 0.0919. The quantitative estimate of drug-likeness (QED) is 0.521. The van der Waals surface area contributed by atoms with Gasteiger partial charge in [0.2, 0.25) is 5.91 Å². The van der Waals surface area contributed by atoms with Gasteiger partial charge in [-0.1, -0.05) is 0 Å². The van der Waals surface area contributed by atoms with Crippen molar-refractivity contribution in [3.8, 4) is 0 Å². The van der Waals surface area contributed by atoms with Gasteiger partial charge in [-0.15, -0.1) is 0 Å². The fraction of sp³-hybridized carbons (Fsp3) is 0.400. The van der Waals surface area contributed by atoms with Crippen LogP contribution >= 0.6 is 0 Å². The van der Waals surface area contributed by atoms with Gasteiger partial charge >= 0.3 is 0 Å². The Labute approximate surface area is 52.2 Å². The first-order chi connectivity index (χ1) is 4.29. The van der Waals surface area contributed by atoms with E-state index in [1.807, 2.05) is 0 Å². The Morgan fingerprint density at radius 3 is 3.11 bits per heavy atom. The van der Waals surface area contributed by atoms with E-state index < -0.39 is 5.91 Å². The third-order valence-corrected chi connectivity index (χ3v) is 0.893. The van der Waals surface area contributed by atoms with E-state index in [9.17, 15) is 4.79 Å². The van der Waals surface area contributed by atoms with Crippen LogP contribution in [0.15, 0.2) is 11.8 Å². The number of nitrogens with two attached hydrogens (primary N) is 1. The van der Waals surface area contributed by atoms with Crippen LogP contribution in [0.5, 0.6) is 0 Å². The predicted octanol–water partition coefficient (Wildman–Crippen LogP) is -0.293. The molecule has 0 aromatic rings. The van der Waals surface area contributed by atoms with Crippen LogP contribution in [-0.4, -0.2) is 12.5 Å². The Bertz CT molecular complexity index is 152. The minimum Gasteiger partial charge on any atom is -0.369 e. The maximum Gasteiger partial charge on any atom is 0.225 e. The molecule has 1 aliphatic rings. The van der Waals surface area contributed by atoms with Gasteiger partial charge in [0.1, 0.15) is 12.4 Å². The minimum atomic E-state index is -0.410. The molecule has 0 atom stereocenters. The zero-order valence-electron chi connectivity index (χ0n) is 4.79. The van der Waals surface area contributed by atoms with Gasteiger partial charge in [-0.05, 0) is 6.08 Å². The highest BCUT2D eigenvalue weighted by Crippen LogP contribution is 2.09. The molecule has 0 aliphatic carbocycles. The summed E-state index contributed by atoms with van der Waals surface area (Å²) < 4.78 is 0. The van der Waals surface area contributed by atoms with E-state index in [4.69, 9.17) is 5.73 Å². The fourth-order valence-corrected chi connectivity index (χ4v) is 0.544. The zero-order chi connectivity index (χ0) is 6.69. The van der Waals surface area contributed by atoms with Gasteiger partial charge in [-0.25, -0.2) is 0 Å². The highest BCUT2D eigenvalue weighted by atomic mass is 17.2. The lowest BCUT2D eigenvalue weighted by Crippen LogP contribution is -2.11. The molecule has 1 rings (SSSR count). The predicted molar refractivity (Wildman–Crippen MR) is 28.9 cm³/mol. The number of hydrogen-bond donors (Lipinski definition) is 1. The molecule has 2 N–H and O–H groups in total. The first-order valence-electron chi connectivity index (χ1n) is 2.56. The number of amides is 1. The molecule has 1 amide bonds. The summed E-state index contributed by atoms with van der Waals surface area (Å²) in [6.45, 7) is 0.405. The molecule has 0 spiro atoms. The average molecular weight is 129 g/mol. The summed E-state index contributed by atoms with van der Waals surface area (Å²) in [7, 11) is 0. The molecular formula is C5H7NO3. The van der Waals surface area contributed by atoms with E-state index in [0.29, 0.717) is 12.4 Å². The first-order valence-corrected chi connectivity index (χ1v) is 2.56. The van der Waals surface area contributed by atoms with Crippen molar-refractivity contribution < 1.29 is 14.6 Å². The Morgan fingerprint density at radius 2 is 2.67 bits per heavy atom. The monoisotopic (exact) mass is 129 g/mol. The highest BCUT2D eigenvalue weighted by molar-refractivity contribution is 5.76. The van der Waals surface area contributed by atoms with Crippen LogP contribution in [-0.2, 0) is 14.6 Å². The number of carbonyl (C=O) groups is 1. The molecule has 0 bridgehead atoms. The Morgan fingerprint density at radius 1 is 1.89 bits per heavy atom. The summed E-state index contributed by atoms with van der Waals surface area (Å²) in [5.41, 5.74) is 4.86. The molecule has 0 saturated heterocycles. The zero-order valence-corrected chi connectivity index (χ0v) is 4.79. The molecule has 4 heteroatoms. The van der Waals surface area contributed by atoms with Crippen LogP contribution in [0.1, 0.15) is 6.42 Å². The van der Waals surface area contributed by atoms with Crippen molar-refractivity contribution in [2.45, 2.75) is 6.42 Å². The van der Waals surface area contributed by atoms with Crippen LogP contribution in [0, 0.1) is 0 Å². The fourth-order valence-electron chi connectivity index (χ4n) is 0.544. The molecule has 0 saturated carbocycles. The molecule has 9 heavy (non-hydrogen) atoms. The normalized spacial score (nSPS) is 16.7. The second-order valence-corrected chi connectivity index (χ2v) is 1.68. The van der Waals surface area contributed by atoms with Gasteiger partial charge in [0.25, 0.3) is 0 Å². The first kappa shape index (κ1) is 6.10. The van der Waals surface area contributed by atoms with Crippen molar-refractivity contribution >= 4 is 5.91 Å². The summed E-state index contributed by atoms with van der Waals surface area (Å²) in [4.78, 5) is 19.2. The molecule has 1 aliphatic heterocycles. The van der Waals surface area contributed by atoms with Crippen LogP contribution in [0.3, 0.4) is 0 Å². The van der Waals surface area contributed by atoms with E-state index in [0.717, 1.165) is 0 Å². The summed E-state index contributed by atoms with van der Waals surface area (Å²) >= 11 is 0. The van der Waals surface area contributed by atoms with E-state index in [2.05, 4.69) is 9.78 Å². The molecule has 1 heterocycles. The third kappa shape index (κ3) is 1.73. The Balaban J connectivity index is 2.35. The van der Waals surface area contributed by atoms with Crippen LogP contribution in [0.2, 0.25) is 0 Å². The molecule has 4 nitrogen and oxygen atoms in total. The Kier molecular flexibility index (Phi) is 1.69. The van der Waals surface area contributed by atoms with Crippen LogP contribution < -0.4 is 5.73 Å². The summed E-state index contributed by atoms with van der Waals surface area (Å²) in [6.07, 6.45) is 1.80. The SMILES string of the molecule is NC(=O)CC1=CCOO1. The van der Waals surface area contributed by atoms with E-state index in [1.54, 1.807) is 6.08 Å². The lowest BCUT2D eigenvalue weighted by Gasteiger charge is -1.94.